The smallest absolute Gasteiger partial charge is 0.129 e. The fourth-order valence-electron chi connectivity index (χ4n) is 0.874. The number of rotatable bonds is 1. The van der Waals surface area contributed by atoms with Crippen LogP contribution in [0.15, 0.2) is 22.7 Å². The summed E-state index contributed by atoms with van der Waals surface area (Å²) in [6.07, 6.45) is 0. The van der Waals surface area contributed by atoms with Crippen molar-refractivity contribution in [3.05, 3.63) is 34.1 Å². The van der Waals surface area contributed by atoms with Crippen molar-refractivity contribution in [3.8, 4) is 0 Å². The second-order valence-electron chi connectivity index (χ2n) is 2.64. The highest BCUT2D eigenvalue weighted by Crippen LogP contribution is 2.34. The van der Waals surface area contributed by atoms with Crippen LogP contribution in [-0.2, 0) is 4.08 Å². The molecule has 0 aliphatic rings. The Morgan fingerprint density at radius 2 is 2.00 bits per heavy atom. The molecule has 1 aromatic rings. The molecule has 0 N–H and O–H groups in total. The fraction of sp³-hybridized carbons (Fsp3) is 0.250. The van der Waals surface area contributed by atoms with E-state index in [9.17, 15) is 4.39 Å². The van der Waals surface area contributed by atoms with E-state index >= 15 is 0 Å². The Hall–Kier alpha value is 0.330. The third-order valence-corrected chi connectivity index (χ3v) is 2.42. The quantitative estimate of drug-likeness (QED) is 0.563. The molecule has 0 saturated heterocycles. The van der Waals surface area contributed by atoms with Gasteiger partial charge in [-0.05, 0) is 19.1 Å². The van der Waals surface area contributed by atoms with Gasteiger partial charge >= 0.3 is 0 Å². The van der Waals surface area contributed by atoms with E-state index in [2.05, 4.69) is 41.2 Å². The van der Waals surface area contributed by atoms with E-state index < -0.39 is 4.08 Å². The molecule has 4 heteroatoms. The van der Waals surface area contributed by atoms with Crippen LogP contribution in [0.3, 0.4) is 0 Å². The molecular weight excluding hydrogens is 259 g/mol. The average molecular weight is 267 g/mol. The zero-order valence-corrected chi connectivity index (χ0v) is 9.76. The average Bonchev–Trinajstić information content (AvgIpc) is 1.83. The summed E-state index contributed by atoms with van der Waals surface area (Å²) in [5.74, 6) is -0.295. The number of hydrogen-bond acceptors (Lipinski definition) is 2. The number of halogens is 2. The molecule has 0 saturated carbocycles. The SMILES string of the molecule is CC(S)(S)c1ccc(Br)cc1F. The highest BCUT2D eigenvalue weighted by molar-refractivity contribution is 9.10. The summed E-state index contributed by atoms with van der Waals surface area (Å²) in [5, 5.41) is 0. The van der Waals surface area contributed by atoms with Crippen LogP contribution in [0.25, 0.3) is 0 Å². The van der Waals surface area contributed by atoms with Crippen molar-refractivity contribution in [2.75, 3.05) is 0 Å². The monoisotopic (exact) mass is 266 g/mol. The standard InChI is InChI=1S/C8H8BrFS2/c1-8(11,12)6-3-2-5(9)4-7(6)10/h2-4,11-12H,1H3. The Balaban J connectivity index is 3.19. The van der Waals surface area contributed by atoms with Crippen molar-refractivity contribution in [1.82, 2.24) is 0 Å². The fourth-order valence-corrected chi connectivity index (χ4v) is 1.57. The van der Waals surface area contributed by atoms with E-state index in [0.29, 0.717) is 5.56 Å². The molecule has 0 aromatic heterocycles. The lowest BCUT2D eigenvalue weighted by Crippen LogP contribution is -2.06. The summed E-state index contributed by atoms with van der Waals surface area (Å²) in [4.78, 5) is 0. The van der Waals surface area contributed by atoms with Gasteiger partial charge in [0.1, 0.15) is 5.82 Å². The van der Waals surface area contributed by atoms with Gasteiger partial charge in [0, 0.05) is 10.0 Å². The van der Waals surface area contributed by atoms with Gasteiger partial charge in [-0.25, -0.2) is 4.39 Å². The lowest BCUT2D eigenvalue weighted by Gasteiger charge is -2.17. The first kappa shape index (κ1) is 10.4. The highest BCUT2D eigenvalue weighted by Gasteiger charge is 2.19. The minimum atomic E-state index is -0.731. The number of benzene rings is 1. The molecule has 0 amide bonds. The maximum Gasteiger partial charge on any atom is 0.129 e. The van der Waals surface area contributed by atoms with Crippen LogP contribution in [0.5, 0.6) is 0 Å². The third-order valence-electron chi connectivity index (χ3n) is 1.44. The van der Waals surface area contributed by atoms with Crippen molar-refractivity contribution < 1.29 is 4.39 Å². The minimum absolute atomic E-state index is 0.295. The maximum absolute atomic E-state index is 13.2. The predicted octanol–water partition coefficient (Wildman–Crippen LogP) is 3.62. The first-order valence-corrected chi connectivity index (χ1v) is 5.00. The molecule has 0 aliphatic carbocycles. The topological polar surface area (TPSA) is 0 Å². The second kappa shape index (κ2) is 3.60. The molecule has 0 heterocycles. The van der Waals surface area contributed by atoms with Crippen molar-refractivity contribution in [1.29, 1.82) is 0 Å². The molecule has 12 heavy (non-hydrogen) atoms. The summed E-state index contributed by atoms with van der Waals surface area (Å²) in [6.45, 7) is 1.73. The molecule has 1 rings (SSSR count). The molecule has 0 spiro atoms. The van der Waals surface area contributed by atoms with Gasteiger partial charge < -0.3 is 0 Å². The molecule has 0 atom stereocenters. The largest absolute Gasteiger partial charge is 0.207 e. The molecule has 66 valence electrons. The van der Waals surface area contributed by atoms with E-state index in [1.165, 1.54) is 6.07 Å². The first-order valence-electron chi connectivity index (χ1n) is 3.31. The zero-order valence-electron chi connectivity index (χ0n) is 6.38. The van der Waals surface area contributed by atoms with Gasteiger partial charge in [0.25, 0.3) is 0 Å². The molecule has 0 aliphatic heterocycles. The van der Waals surface area contributed by atoms with Gasteiger partial charge in [-0.3, -0.25) is 0 Å². The van der Waals surface area contributed by atoms with E-state index in [0.717, 1.165) is 4.47 Å². The van der Waals surface area contributed by atoms with Gasteiger partial charge in [0.05, 0.1) is 4.08 Å². The lowest BCUT2D eigenvalue weighted by molar-refractivity contribution is 0.606. The van der Waals surface area contributed by atoms with Crippen LogP contribution in [0.1, 0.15) is 12.5 Å². The van der Waals surface area contributed by atoms with Crippen LogP contribution in [0.2, 0.25) is 0 Å². The highest BCUT2D eigenvalue weighted by atomic mass is 79.9. The van der Waals surface area contributed by atoms with Crippen LogP contribution >= 0.6 is 41.2 Å². The van der Waals surface area contributed by atoms with Crippen molar-refractivity contribution in [2.45, 2.75) is 11.0 Å². The Bertz CT molecular complexity index is 294. The van der Waals surface area contributed by atoms with E-state index in [1.807, 2.05) is 0 Å². The van der Waals surface area contributed by atoms with Crippen molar-refractivity contribution in [3.63, 3.8) is 0 Å². The van der Waals surface area contributed by atoms with Gasteiger partial charge in [-0.1, -0.05) is 22.0 Å². The number of hydrogen-bond donors (Lipinski definition) is 2. The Labute approximate surface area is 90.5 Å². The second-order valence-corrected chi connectivity index (χ2v) is 5.70. The molecule has 0 fully saturated rings. The van der Waals surface area contributed by atoms with E-state index in [1.54, 1.807) is 19.1 Å². The number of thiol groups is 2. The van der Waals surface area contributed by atoms with Gasteiger partial charge in [0.2, 0.25) is 0 Å². The molecule has 0 bridgehead atoms. The van der Waals surface area contributed by atoms with Gasteiger partial charge in [-0.2, -0.15) is 25.3 Å². The molecule has 1 aromatic carbocycles. The lowest BCUT2D eigenvalue weighted by atomic mass is 10.1. The minimum Gasteiger partial charge on any atom is -0.207 e. The molecule has 0 nitrogen and oxygen atoms in total. The third kappa shape index (κ3) is 2.41. The molecule has 0 unspecified atom stereocenters. The Morgan fingerprint density at radius 3 is 2.42 bits per heavy atom. The Morgan fingerprint density at radius 1 is 1.42 bits per heavy atom. The van der Waals surface area contributed by atoms with Gasteiger partial charge in [0.15, 0.2) is 0 Å². The van der Waals surface area contributed by atoms with Gasteiger partial charge in [-0.15, -0.1) is 0 Å². The van der Waals surface area contributed by atoms with Crippen LogP contribution in [0, 0.1) is 5.82 Å². The van der Waals surface area contributed by atoms with Crippen LogP contribution in [0.4, 0.5) is 4.39 Å². The molecule has 0 radical (unpaired) electrons. The summed E-state index contributed by atoms with van der Waals surface area (Å²) in [6, 6.07) is 4.84. The summed E-state index contributed by atoms with van der Waals surface area (Å²) < 4.78 is 13.2. The van der Waals surface area contributed by atoms with Crippen molar-refractivity contribution in [2.24, 2.45) is 0 Å². The predicted molar refractivity (Wildman–Crippen MR) is 59.4 cm³/mol. The van der Waals surface area contributed by atoms with Crippen LogP contribution in [-0.4, -0.2) is 0 Å². The molecular formula is C8H8BrFS2. The summed E-state index contributed by atoms with van der Waals surface area (Å²) in [5.41, 5.74) is 0.484. The Kier molecular flexibility index (Phi) is 3.12. The first-order chi connectivity index (χ1) is 5.41. The van der Waals surface area contributed by atoms with Crippen molar-refractivity contribution >= 4 is 41.2 Å². The summed E-state index contributed by atoms with van der Waals surface area (Å²) >= 11 is 11.5. The normalized spacial score (nSPS) is 11.8. The zero-order chi connectivity index (χ0) is 9.35. The van der Waals surface area contributed by atoms with E-state index in [4.69, 9.17) is 0 Å². The maximum atomic E-state index is 13.2. The summed E-state index contributed by atoms with van der Waals surface area (Å²) in [7, 11) is 0. The van der Waals surface area contributed by atoms with E-state index in [-0.39, 0.29) is 5.82 Å². The van der Waals surface area contributed by atoms with Crippen LogP contribution < -0.4 is 0 Å².